The predicted octanol–water partition coefficient (Wildman–Crippen LogP) is 3.67. The van der Waals surface area contributed by atoms with E-state index in [-0.39, 0.29) is 18.1 Å². The van der Waals surface area contributed by atoms with Crippen LogP contribution in [-0.4, -0.2) is 48.6 Å². The summed E-state index contributed by atoms with van der Waals surface area (Å²) in [5.41, 5.74) is 0.984. The third-order valence-corrected chi connectivity index (χ3v) is 5.09. The van der Waals surface area contributed by atoms with Gasteiger partial charge in [0.15, 0.2) is 5.69 Å². The summed E-state index contributed by atoms with van der Waals surface area (Å²) >= 11 is 7.73. The van der Waals surface area contributed by atoms with Gasteiger partial charge in [0.2, 0.25) is 5.91 Å². The second-order valence-electron chi connectivity index (χ2n) is 5.70. The van der Waals surface area contributed by atoms with Gasteiger partial charge in [0.05, 0.1) is 13.7 Å². The van der Waals surface area contributed by atoms with Crippen LogP contribution in [0.1, 0.15) is 39.8 Å². The maximum atomic E-state index is 12.9. The van der Waals surface area contributed by atoms with Crippen molar-refractivity contribution >= 4 is 34.8 Å². The second-order valence-corrected chi connectivity index (χ2v) is 7.08. The molecule has 8 heteroatoms. The number of aromatic nitrogens is 1. The number of carbonyl (C=O) groups excluding carboxylic acids is 2. The minimum Gasteiger partial charge on any atom is -0.464 e. The number of alkyl halides is 1. The fraction of sp³-hybridized carbons (Fsp3) is 0.421. The molecule has 1 aromatic heterocycles. The largest absolute Gasteiger partial charge is 0.464 e. The van der Waals surface area contributed by atoms with E-state index in [1.54, 1.807) is 10.3 Å². The standard InChI is InChI=1S/C19H23ClN2O4S/c1-3-26-11-7-10-22(12-16-21-15(13-27-16)19(24)25-2)18(23)17(20)14-8-5-4-6-9-14/h4-6,8-9,13,17H,3,7,10-12H2,1-2H3/t17-/m0/s1. The Bertz CT molecular complexity index is 738. The van der Waals surface area contributed by atoms with E-state index >= 15 is 0 Å². The van der Waals surface area contributed by atoms with Crippen molar-refractivity contribution in [3.63, 3.8) is 0 Å². The number of nitrogens with zero attached hydrogens (tertiary/aromatic N) is 2. The van der Waals surface area contributed by atoms with Crippen molar-refractivity contribution in [3.8, 4) is 0 Å². The Kier molecular flexibility index (Phi) is 8.71. The number of amides is 1. The molecule has 2 rings (SSSR count). The number of ether oxygens (including phenoxy) is 2. The Labute approximate surface area is 168 Å². The number of halogens is 1. The molecule has 0 saturated carbocycles. The first-order valence-corrected chi connectivity index (χ1v) is 9.96. The minimum absolute atomic E-state index is 0.200. The zero-order chi connectivity index (χ0) is 19.6. The normalized spacial score (nSPS) is 11.8. The zero-order valence-corrected chi connectivity index (χ0v) is 17.0. The van der Waals surface area contributed by atoms with Gasteiger partial charge >= 0.3 is 5.97 Å². The molecular weight excluding hydrogens is 388 g/mol. The third-order valence-electron chi connectivity index (χ3n) is 3.81. The van der Waals surface area contributed by atoms with E-state index in [4.69, 9.17) is 16.3 Å². The van der Waals surface area contributed by atoms with Crippen LogP contribution in [0.3, 0.4) is 0 Å². The highest BCUT2D eigenvalue weighted by Gasteiger charge is 2.25. The summed E-state index contributed by atoms with van der Waals surface area (Å²) in [6.45, 7) is 3.89. The molecule has 0 aliphatic rings. The lowest BCUT2D eigenvalue weighted by Crippen LogP contribution is -2.34. The van der Waals surface area contributed by atoms with Crippen molar-refractivity contribution in [2.45, 2.75) is 25.3 Å². The zero-order valence-electron chi connectivity index (χ0n) is 15.4. The van der Waals surface area contributed by atoms with Crippen LogP contribution >= 0.6 is 22.9 Å². The van der Waals surface area contributed by atoms with Gasteiger partial charge in [-0.25, -0.2) is 9.78 Å². The minimum atomic E-state index is -0.779. The molecule has 2 aromatic rings. The number of hydrogen-bond donors (Lipinski definition) is 0. The fourth-order valence-electron chi connectivity index (χ4n) is 2.44. The Balaban J connectivity index is 2.11. The topological polar surface area (TPSA) is 68.7 Å². The molecule has 0 bridgehead atoms. The third kappa shape index (κ3) is 6.30. The van der Waals surface area contributed by atoms with Crippen LogP contribution in [0.5, 0.6) is 0 Å². The van der Waals surface area contributed by atoms with Gasteiger partial charge in [-0.1, -0.05) is 30.3 Å². The summed E-state index contributed by atoms with van der Waals surface area (Å²) in [7, 11) is 1.31. The average Bonchev–Trinajstić information content (AvgIpc) is 3.18. The SMILES string of the molecule is CCOCCCN(Cc1nc(C(=O)OC)cs1)C(=O)[C@@H](Cl)c1ccccc1. The van der Waals surface area contributed by atoms with Gasteiger partial charge in [0, 0.05) is 25.1 Å². The highest BCUT2D eigenvalue weighted by atomic mass is 35.5. The highest BCUT2D eigenvalue weighted by Crippen LogP contribution is 2.24. The first-order chi connectivity index (χ1) is 13.1. The number of esters is 1. The number of thiazole rings is 1. The van der Waals surface area contributed by atoms with E-state index in [1.165, 1.54) is 18.4 Å². The molecule has 0 fully saturated rings. The van der Waals surface area contributed by atoms with E-state index < -0.39 is 11.3 Å². The Morgan fingerprint density at radius 2 is 2.04 bits per heavy atom. The molecule has 1 aromatic carbocycles. The summed E-state index contributed by atoms with van der Waals surface area (Å²) in [6, 6.07) is 9.22. The van der Waals surface area contributed by atoms with Crippen LogP contribution < -0.4 is 0 Å². The van der Waals surface area contributed by atoms with Crippen LogP contribution in [0.4, 0.5) is 0 Å². The van der Waals surface area contributed by atoms with E-state index in [0.29, 0.717) is 31.2 Å². The van der Waals surface area contributed by atoms with Crippen molar-refractivity contribution < 1.29 is 19.1 Å². The van der Waals surface area contributed by atoms with Crippen molar-refractivity contribution in [3.05, 3.63) is 52.0 Å². The van der Waals surface area contributed by atoms with Gasteiger partial charge in [-0.15, -0.1) is 22.9 Å². The molecule has 0 unspecified atom stereocenters. The number of rotatable bonds is 10. The molecule has 146 valence electrons. The van der Waals surface area contributed by atoms with Gasteiger partial charge < -0.3 is 14.4 Å². The number of benzene rings is 1. The summed E-state index contributed by atoms with van der Waals surface area (Å²) in [5, 5.41) is 1.50. The molecule has 0 N–H and O–H groups in total. The Morgan fingerprint density at radius 1 is 1.30 bits per heavy atom. The van der Waals surface area contributed by atoms with Crippen LogP contribution in [-0.2, 0) is 20.8 Å². The number of methoxy groups -OCH3 is 1. The maximum absolute atomic E-state index is 12.9. The number of hydrogen-bond acceptors (Lipinski definition) is 6. The molecule has 1 atom stereocenters. The van der Waals surface area contributed by atoms with Crippen LogP contribution in [0.15, 0.2) is 35.7 Å². The van der Waals surface area contributed by atoms with Crippen molar-refractivity contribution in [1.82, 2.24) is 9.88 Å². The maximum Gasteiger partial charge on any atom is 0.357 e. The van der Waals surface area contributed by atoms with Gasteiger partial charge in [-0.05, 0) is 18.9 Å². The molecule has 0 aliphatic heterocycles. The summed E-state index contributed by atoms with van der Waals surface area (Å²) in [4.78, 5) is 30.4. The lowest BCUT2D eigenvalue weighted by molar-refractivity contribution is -0.131. The van der Waals surface area contributed by atoms with Gasteiger partial charge in [0.25, 0.3) is 0 Å². The lowest BCUT2D eigenvalue weighted by Gasteiger charge is -2.24. The Morgan fingerprint density at radius 3 is 2.70 bits per heavy atom. The van der Waals surface area contributed by atoms with Crippen LogP contribution in [0.2, 0.25) is 0 Å². The van der Waals surface area contributed by atoms with Gasteiger partial charge in [-0.3, -0.25) is 4.79 Å². The molecule has 27 heavy (non-hydrogen) atoms. The first-order valence-electron chi connectivity index (χ1n) is 8.65. The molecule has 0 radical (unpaired) electrons. The van der Waals surface area contributed by atoms with Gasteiger partial charge in [0.1, 0.15) is 10.4 Å². The quantitative estimate of drug-likeness (QED) is 0.339. The second kappa shape index (κ2) is 11.0. The van der Waals surface area contributed by atoms with Crippen LogP contribution in [0, 0.1) is 0 Å². The first kappa shape index (κ1) is 21.3. The van der Waals surface area contributed by atoms with E-state index in [2.05, 4.69) is 9.72 Å². The molecular formula is C19H23ClN2O4S. The smallest absolute Gasteiger partial charge is 0.357 e. The molecule has 0 saturated heterocycles. The molecule has 6 nitrogen and oxygen atoms in total. The van der Waals surface area contributed by atoms with Crippen molar-refractivity contribution in [1.29, 1.82) is 0 Å². The van der Waals surface area contributed by atoms with E-state index in [1.807, 2.05) is 37.3 Å². The predicted molar refractivity (Wildman–Crippen MR) is 105 cm³/mol. The summed E-state index contributed by atoms with van der Waals surface area (Å²) < 4.78 is 10.0. The number of carbonyl (C=O) groups is 2. The molecule has 0 spiro atoms. The molecule has 0 aliphatic carbocycles. The monoisotopic (exact) mass is 410 g/mol. The molecule has 1 heterocycles. The van der Waals surface area contributed by atoms with Crippen molar-refractivity contribution in [2.75, 3.05) is 26.9 Å². The van der Waals surface area contributed by atoms with E-state index in [0.717, 1.165) is 5.56 Å². The lowest BCUT2D eigenvalue weighted by atomic mass is 10.1. The van der Waals surface area contributed by atoms with Crippen LogP contribution in [0.25, 0.3) is 0 Å². The summed E-state index contributed by atoms with van der Waals surface area (Å²) in [6.07, 6.45) is 0.688. The van der Waals surface area contributed by atoms with Gasteiger partial charge in [-0.2, -0.15) is 0 Å². The Hall–Kier alpha value is -1.96. The fourth-order valence-corrected chi connectivity index (χ4v) is 3.50. The summed E-state index contributed by atoms with van der Waals surface area (Å²) in [5.74, 6) is -0.694. The highest BCUT2D eigenvalue weighted by molar-refractivity contribution is 7.09. The van der Waals surface area contributed by atoms with E-state index in [9.17, 15) is 9.59 Å². The molecule has 1 amide bonds. The average molecular weight is 411 g/mol. The van der Waals surface area contributed by atoms with Crippen molar-refractivity contribution in [2.24, 2.45) is 0 Å².